The summed E-state index contributed by atoms with van der Waals surface area (Å²) in [5, 5.41) is 0. The van der Waals surface area contributed by atoms with Crippen molar-refractivity contribution in [3.63, 3.8) is 0 Å². The van der Waals surface area contributed by atoms with Gasteiger partial charge in [-0.15, -0.1) is 0 Å². The van der Waals surface area contributed by atoms with Gasteiger partial charge in [0.1, 0.15) is 0 Å². The minimum Gasteiger partial charge on any atom is -0.372 e. The number of rotatable bonds is 4. The van der Waals surface area contributed by atoms with Crippen molar-refractivity contribution in [3.8, 4) is 0 Å². The molecule has 0 bridgehead atoms. The first-order chi connectivity index (χ1) is 9.56. The standard InChI is InChI=1S/C19H22O/c1-19(2,3)20-15-14-18(16-10-6-4-7-11-16)17-12-8-5-9-13-17/h4-14H,15H2,1-3H3. The second-order valence-corrected chi connectivity index (χ2v) is 5.77. The maximum Gasteiger partial charge on any atom is 0.0663 e. The minimum absolute atomic E-state index is 0.116. The fourth-order valence-electron chi connectivity index (χ4n) is 2.01. The lowest BCUT2D eigenvalue weighted by molar-refractivity contribution is 0.0151. The van der Waals surface area contributed by atoms with E-state index >= 15 is 0 Å². The summed E-state index contributed by atoms with van der Waals surface area (Å²) in [6.45, 7) is 6.84. The SMILES string of the molecule is CC(C)(C)OCC=C(c1ccccc1)c1ccccc1. The smallest absolute Gasteiger partial charge is 0.0663 e. The molecule has 1 nitrogen and oxygen atoms in total. The van der Waals surface area contributed by atoms with E-state index in [0.29, 0.717) is 6.61 Å². The van der Waals surface area contributed by atoms with Crippen molar-refractivity contribution in [2.75, 3.05) is 6.61 Å². The zero-order valence-electron chi connectivity index (χ0n) is 12.5. The van der Waals surface area contributed by atoms with Gasteiger partial charge in [-0.3, -0.25) is 0 Å². The molecule has 0 aromatic heterocycles. The summed E-state index contributed by atoms with van der Waals surface area (Å²) >= 11 is 0. The zero-order valence-corrected chi connectivity index (χ0v) is 12.5. The monoisotopic (exact) mass is 266 g/mol. The van der Waals surface area contributed by atoms with E-state index in [9.17, 15) is 0 Å². The molecule has 2 rings (SSSR count). The van der Waals surface area contributed by atoms with Crippen LogP contribution in [0, 0.1) is 0 Å². The van der Waals surface area contributed by atoms with Crippen LogP contribution in [0.2, 0.25) is 0 Å². The van der Waals surface area contributed by atoms with Crippen molar-refractivity contribution in [1.29, 1.82) is 0 Å². The molecule has 2 aromatic carbocycles. The van der Waals surface area contributed by atoms with Gasteiger partial charge in [-0.2, -0.15) is 0 Å². The Kier molecular flexibility index (Phi) is 4.75. The van der Waals surface area contributed by atoms with E-state index in [1.54, 1.807) is 0 Å². The Labute approximate surface area is 121 Å². The summed E-state index contributed by atoms with van der Waals surface area (Å²) in [6.07, 6.45) is 2.16. The van der Waals surface area contributed by atoms with E-state index in [4.69, 9.17) is 4.74 Å². The molecule has 0 amide bonds. The van der Waals surface area contributed by atoms with Crippen LogP contribution < -0.4 is 0 Å². The molecule has 0 radical (unpaired) electrons. The Balaban J connectivity index is 2.28. The molecule has 0 aliphatic carbocycles. The number of hydrogen-bond acceptors (Lipinski definition) is 1. The molecule has 0 spiro atoms. The molecular weight excluding hydrogens is 244 g/mol. The molecule has 20 heavy (non-hydrogen) atoms. The van der Waals surface area contributed by atoms with Gasteiger partial charge in [-0.25, -0.2) is 0 Å². The van der Waals surface area contributed by atoms with Crippen LogP contribution in [0.5, 0.6) is 0 Å². The van der Waals surface area contributed by atoms with Crippen LogP contribution in [0.4, 0.5) is 0 Å². The van der Waals surface area contributed by atoms with Crippen molar-refractivity contribution >= 4 is 5.57 Å². The van der Waals surface area contributed by atoms with E-state index in [0.717, 1.165) is 0 Å². The highest BCUT2D eigenvalue weighted by atomic mass is 16.5. The molecule has 0 unspecified atom stereocenters. The van der Waals surface area contributed by atoms with E-state index < -0.39 is 0 Å². The van der Waals surface area contributed by atoms with Crippen LogP contribution in [0.15, 0.2) is 66.7 Å². The van der Waals surface area contributed by atoms with Gasteiger partial charge in [0.15, 0.2) is 0 Å². The second-order valence-electron chi connectivity index (χ2n) is 5.77. The van der Waals surface area contributed by atoms with Gasteiger partial charge >= 0.3 is 0 Å². The van der Waals surface area contributed by atoms with Crippen molar-refractivity contribution in [1.82, 2.24) is 0 Å². The predicted molar refractivity (Wildman–Crippen MR) is 85.7 cm³/mol. The Bertz CT molecular complexity index is 506. The van der Waals surface area contributed by atoms with E-state index in [1.807, 2.05) is 12.1 Å². The quantitative estimate of drug-likeness (QED) is 0.762. The molecule has 104 valence electrons. The summed E-state index contributed by atoms with van der Waals surface area (Å²) in [6, 6.07) is 20.9. The predicted octanol–water partition coefficient (Wildman–Crippen LogP) is 4.93. The topological polar surface area (TPSA) is 9.23 Å². The number of benzene rings is 2. The van der Waals surface area contributed by atoms with Crippen LogP contribution in [-0.4, -0.2) is 12.2 Å². The first-order valence-corrected chi connectivity index (χ1v) is 7.01. The van der Waals surface area contributed by atoms with Crippen LogP contribution in [-0.2, 0) is 4.74 Å². The molecule has 1 heteroatoms. The summed E-state index contributed by atoms with van der Waals surface area (Å²) in [5.41, 5.74) is 3.54. The van der Waals surface area contributed by atoms with Gasteiger partial charge in [0.25, 0.3) is 0 Å². The molecule has 0 atom stereocenters. The first kappa shape index (κ1) is 14.5. The lowest BCUT2D eigenvalue weighted by Gasteiger charge is -2.19. The Morgan fingerprint density at radius 3 is 1.70 bits per heavy atom. The summed E-state index contributed by atoms with van der Waals surface area (Å²) in [4.78, 5) is 0. The van der Waals surface area contributed by atoms with Crippen molar-refractivity contribution in [2.24, 2.45) is 0 Å². The van der Waals surface area contributed by atoms with Crippen molar-refractivity contribution in [3.05, 3.63) is 77.9 Å². The summed E-state index contributed by atoms with van der Waals surface area (Å²) in [5.74, 6) is 0. The third kappa shape index (κ3) is 4.36. The van der Waals surface area contributed by atoms with Gasteiger partial charge in [0.05, 0.1) is 12.2 Å². The molecule has 0 N–H and O–H groups in total. The summed E-state index contributed by atoms with van der Waals surface area (Å²) < 4.78 is 5.83. The Hall–Kier alpha value is -1.86. The van der Waals surface area contributed by atoms with Crippen LogP contribution in [0.3, 0.4) is 0 Å². The molecular formula is C19H22O. The molecule has 0 heterocycles. The largest absolute Gasteiger partial charge is 0.372 e. The van der Waals surface area contributed by atoms with Gasteiger partial charge < -0.3 is 4.74 Å². The normalized spacial score (nSPS) is 11.2. The van der Waals surface area contributed by atoms with Gasteiger partial charge in [0, 0.05) is 0 Å². The van der Waals surface area contributed by atoms with E-state index in [2.05, 4.69) is 75.4 Å². The molecule has 0 fully saturated rings. The zero-order chi connectivity index (χ0) is 14.4. The van der Waals surface area contributed by atoms with Crippen LogP contribution in [0.1, 0.15) is 31.9 Å². The number of hydrogen-bond donors (Lipinski definition) is 0. The van der Waals surface area contributed by atoms with Crippen molar-refractivity contribution in [2.45, 2.75) is 26.4 Å². The highest BCUT2D eigenvalue weighted by molar-refractivity contribution is 5.79. The first-order valence-electron chi connectivity index (χ1n) is 7.01. The minimum atomic E-state index is -0.116. The van der Waals surface area contributed by atoms with Crippen molar-refractivity contribution < 1.29 is 4.74 Å². The third-order valence-corrected chi connectivity index (χ3v) is 2.97. The van der Waals surface area contributed by atoms with Gasteiger partial charge in [0.2, 0.25) is 0 Å². The maximum absolute atomic E-state index is 5.83. The molecule has 0 aliphatic heterocycles. The van der Waals surface area contributed by atoms with Gasteiger partial charge in [-0.1, -0.05) is 66.7 Å². The third-order valence-electron chi connectivity index (χ3n) is 2.97. The average molecular weight is 266 g/mol. The molecule has 0 saturated carbocycles. The average Bonchev–Trinajstić information content (AvgIpc) is 2.44. The molecule has 2 aromatic rings. The number of ether oxygens (including phenoxy) is 1. The molecule has 0 saturated heterocycles. The Morgan fingerprint density at radius 1 is 0.850 bits per heavy atom. The Morgan fingerprint density at radius 2 is 1.30 bits per heavy atom. The van der Waals surface area contributed by atoms with E-state index in [-0.39, 0.29) is 5.60 Å². The maximum atomic E-state index is 5.83. The highest BCUT2D eigenvalue weighted by Gasteiger charge is 2.09. The van der Waals surface area contributed by atoms with Crippen LogP contribution in [0.25, 0.3) is 5.57 Å². The second kappa shape index (κ2) is 6.53. The van der Waals surface area contributed by atoms with Crippen LogP contribution >= 0.6 is 0 Å². The molecule has 0 aliphatic rings. The lowest BCUT2D eigenvalue weighted by Crippen LogP contribution is -2.19. The lowest BCUT2D eigenvalue weighted by atomic mass is 9.98. The highest BCUT2D eigenvalue weighted by Crippen LogP contribution is 2.23. The fourth-order valence-corrected chi connectivity index (χ4v) is 2.01. The summed E-state index contributed by atoms with van der Waals surface area (Å²) in [7, 11) is 0. The van der Waals surface area contributed by atoms with E-state index in [1.165, 1.54) is 16.7 Å². The van der Waals surface area contributed by atoms with Gasteiger partial charge in [-0.05, 0) is 37.5 Å². The fraction of sp³-hybridized carbons (Fsp3) is 0.263.